The van der Waals surface area contributed by atoms with E-state index in [1.807, 2.05) is 29.2 Å². The van der Waals surface area contributed by atoms with Crippen LogP contribution in [0, 0.1) is 5.82 Å². The lowest BCUT2D eigenvalue weighted by Crippen LogP contribution is -2.50. The van der Waals surface area contributed by atoms with Gasteiger partial charge in [0.05, 0.1) is 0 Å². The summed E-state index contributed by atoms with van der Waals surface area (Å²) in [6.45, 7) is 3.97. The lowest BCUT2D eigenvalue weighted by atomic mass is 10.1. The Balaban J connectivity index is 1.43. The van der Waals surface area contributed by atoms with Crippen LogP contribution >= 0.6 is 11.6 Å². The fourth-order valence-corrected chi connectivity index (χ4v) is 3.07. The predicted molar refractivity (Wildman–Crippen MR) is 98.6 cm³/mol. The van der Waals surface area contributed by atoms with Gasteiger partial charge in [-0.3, -0.25) is 4.90 Å². The van der Waals surface area contributed by atoms with Gasteiger partial charge >= 0.3 is 6.03 Å². The highest BCUT2D eigenvalue weighted by molar-refractivity contribution is 6.30. The van der Waals surface area contributed by atoms with Crippen molar-refractivity contribution in [2.24, 2.45) is 0 Å². The molecular weight excluding hydrogens is 341 g/mol. The third-order valence-electron chi connectivity index (χ3n) is 4.37. The van der Waals surface area contributed by atoms with Crippen LogP contribution in [0.3, 0.4) is 0 Å². The van der Waals surface area contributed by atoms with Gasteiger partial charge in [-0.1, -0.05) is 29.8 Å². The molecular formula is C19H21ClFN3O. The number of nitrogens with zero attached hydrogens (tertiary/aromatic N) is 2. The summed E-state index contributed by atoms with van der Waals surface area (Å²) in [6.07, 6.45) is 0.884. The molecule has 1 aliphatic rings. The molecule has 1 N–H and O–H groups in total. The van der Waals surface area contributed by atoms with Gasteiger partial charge in [0.1, 0.15) is 5.82 Å². The molecule has 2 aromatic carbocycles. The highest BCUT2D eigenvalue weighted by Crippen LogP contribution is 2.16. The Morgan fingerprint density at radius 3 is 2.48 bits per heavy atom. The molecule has 3 rings (SSSR count). The van der Waals surface area contributed by atoms with Crippen LogP contribution in [0.1, 0.15) is 5.56 Å². The maximum absolute atomic E-state index is 12.9. The van der Waals surface area contributed by atoms with Crippen molar-refractivity contribution in [1.82, 2.24) is 9.80 Å². The van der Waals surface area contributed by atoms with E-state index in [1.54, 1.807) is 12.1 Å². The summed E-state index contributed by atoms with van der Waals surface area (Å²) in [7, 11) is 0. The van der Waals surface area contributed by atoms with Gasteiger partial charge in [-0.2, -0.15) is 0 Å². The van der Waals surface area contributed by atoms with Crippen molar-refractivity contribution in [2.75, 3.05) is 38.0 Å². The number of nitrogens with one attached hydrogen (secondary N) is 1. The van der Waals surface area contributed by atoms with E-state index in [4.69, 9.17) is 11.6 Å². The fourth-order valence-electron chi connectivity index (χ4n) is 2.88. The summed E-state index contributed by atoms with van der Waals surface area (Å²) < 4.78 is 12.9. The monoisotopic (exact) mass is 361 g/mol. The minimum absolute atomic E-state index is 0.0968. The molecule has 2 aromatic rings. The van der Waals surface area contributed by atoms with Crippen molar-refractivity contribution >= 4 is 23.3 Å². The number of carbonyl (C=O) groups is 1. The van der Waals surface area contributed by atoms with Crippen LogP contribution in [0.15, 0.2) is 48.5 Å². The van der Waals surface area contributed by atoms with Crippen molar-refractivity contribution < 1.29 is 9.18 Å². The Bertz CT molecular complexity index is 715. The largest absolute Gasteiger partial charge is 0.322 e. The molecule has 25 heavy (non-hydrogen) atoms. The summed E-state index contributed by atoms with van der Waals surface area (Å²) in [5.74, 6) is -0.205. The molecule has 0 aromatic heterocycles. The van der Waals surface area contributed by atoms with Crippen molar-refractivity contribution in [3.05, 3.63) is 64.9 Å². The smallest absolute Gasteiger partial charge is 0.321 e. The van der Waals surface area contributed by atoms with Crippen LogP contribution in [0.4, 0.5) is 14.9 Å². The fraction of sp³-hybridized carbons (Fsp3) is 0.316. The number of piperazine rings is 1. The van der Waals surface area contributed by atoms with Gasteiger partial charge in [-0.15, -0.1) is 0 Å². The second-order valence-electron chi connectivity index (χ2n) is 6.15. The second-order valence-corrected chi connectivity index (χ2v) is 6.58. The summed E-state index contributed by atoms with van der Waals surface area (Å²) in [6, 6.07) is 13.7. The molecule has 2 amide bonds. The average Bonchev–Trinajstić information content (AvgIpc) is 2.62. The molecule has 4 nitrogen and oxygen atoms in total. The van der Waals surface area contributed by atoms with E-state index >= 15 is 0 Å². The van der Waals surface area contributed by atoms with Crippen LogP contribution in [-0.4, -0.2) is 48.6 Å². The van der Waals surface area contributed by atoms with Crippen molar-refractivity contribution in [2.45, 2.75) is 6.42 Å². The summed E-state index contributed by atoms with van der Waals surface area (Å²) in [4.78, 5) is 16.5. The zero-order chi connectivity index (χ0) is 17.6. The van der Waals surface area contributed by atoms with Gasteiger partial charge in [-0.25, -0.2) is 9.18 Å². The molecule has 0 spiro atoms. The first-order chi connectivity index (χ1) is 12.1. The summed E-state index contributed by atoms with van der Waals surface area (Å²) >= 11 is 5.93. The molecule has 1 saturated heterocycles. The first-order valence-corrected chi connectivity index (χ1v) is 8.76. The molecule has 1 aliphatic heterocycles. The van der Waals surface area contributed by atoms with Crippen molar-refractivity contribution in [3.63, 3.8) is 0 Å². The number of hydrogen-bond donors (Lipinski definition) is 1. The van der Waals surface area contributed by atoms with Gasteiger partial charge < -0.3 is 10.2 Å². The molecule has 132 valence electrons. The Hall–Kier alpha value is -2.11. The van der Waals surface area contributed by atoms with Crippen LogP contribution in [0.2, 0.25) is 5.02 Å². The quantitative estimate of drug-likeness (QED) is 0.897. The van der Waals surface area contributed by atoms with E-state index < -0.39 is 0 Å². The molecule has 6 heteroatoms. The maximum atomic E-state index is 12.9. The number of benzene rings is 2. The number of halogens is 2. The van der Waals surface area contributed by atoms with Crippen LogP contribution in [-0.2, 0) is 6.42 Å². The number of hydrogen-bond acceptors (Lipinski definition) is 2. The highest BCUT2D eigenvalue weighted by Gasteiger charge is 2.20. The third kappa shape index (κ3) is 5.18. The average molecular weight is 362 g/mol. The molecule has 0 bridgehead atoms. The molecule has 0 aliphatic carbocycles. The Morgan fingerprint density at radius 1 is 1.08 bits per heavy atom. The first-order valence-electron chi connectivity index (χ1n) is 8.38. The number of carbonyl (C=O) groups excluding carboxylic acids is 1. The maximum Gasteiger partial charge on any atom is 0.321 e. The highest BCUT2D eigenvalue weighted by atomic mass is 35.5. The topological polar surface area (TPSA) is 35.6 Å². The molecule has 0 radical (unpaired) electrons. The molecule has 1 fully saturated rings. The zero-order valence-electron chi connectivity index (χ0n) is 13.9. The van der Waals surface area contributed by atoms with Crippen molar-refractivity contribution in [3.8, 4) is 0 Å². The van der Waals surface area contributed by atoms with Gasteiger partial charge in [0.25, 0.3) is 0 Å². The SMILES string of the molecule is O=C(Nc1cccc(Cl)c1)N1CCN(CCc2ccc(F)cc2)CC1. The predicted octanol–water partition coefficient (Wildman–Crippen LogP) is 3.87. The first kappa shape index (κ1) is 17.7. The molecule has 0 unspecified atom stereocenters. The minimum atomic E-state index is -0.205. The lowest BCUT2D eigenvalue weighted by Gasteiger charge is -2.34. The Morgan fingerprint density at radius 2 is 1.80 bits per heavy atom. The zero-order valence-corrected chi connectivity index (χ0v) is 14.7. The van der Waals surface area contributed by atoms with E-state index in [0.717, 1.165) is 31.6 Å². The van der Waals surface area contributed by atoms with E-state index in [0.29, 0.717) is 23.8 Å². The van der Waals surface area contributed by atoms with Crippen LogP contribution < -0.4 is 5.32 Å². The van der Waals surface area contributed by atoms with Gasteiger partial charge in [0.2, 0.25) is 0 Å². The van der Waals surface area contributed by atoms with Gasteiger partial charge in [0.15, 0.2) is 0 Å². The normalized spacial score (nSPS) is 15.2. The Kier molecular flexibility index (Phi) is 5.89. The Labute approximate surface area is 152 Å². The van der Waals surface area contributed by atoms with Gasteiger partial charge in [-0.05, 0) is 42.3 Å². The summed E-state index contributed by atoms with van der Waals surface area (Å²) in [5.41, 5.74) is 1.83. The number of amides is 2. The van der Waals surface area contributed by atoms with Crippen LogP contribution in [0.5, 0.6) is 0 Å². The number of rotatable bonds is 4. The minimum Gasteiger partial charge on any atom is -0.322 e. The van der Waals surface area contributed by atoms with Crippen molar-refractivity contribution in [1.29, 1.82) is 0 Å². The molecule has 0 saturated carbocycles. The van der Waals surface area contributed by atoms with E-state index in [9.17, 15) is 9.18 Å². The van der Waals surface area contributed by atoms with E-state index in [-0.39, 0.29) is 11.8 Å². The standard InChI is InChI=1S/C19H21ClFN3O/c20-16-2-1-3-18(14-16)22-19(25)24-12-10-23(11-13-24)9-8-15-4-6-17(21)7-5-15/h1-7,14H,8-13H2,(H,22,25). The van der Waals surface area contributed by atoms with E-state index in [1.165, 1.54) is 12.1 Å². The number of anilines is 1. The third-order valence-corrected chi connectivity index (χ3v) is 4.60. The second kappa shape index (κ2) is 8.32. The van der Waals surface area contributed by atoms with Crippen LogP contribution in [0.25, 0.3) is 0 Å². The van der Waals surface area contributed by atoms with Gasteiger partial charge in [0, 0.05) is 43.4 Å². The molecule has 1 heterocycles. The summed E-state index contributed by atoms with van der Waals surface area (Å²) in [5, 5.41) is 3.48. The lowest BCUT2D eigenvalue weighted by molar-refractivity contribution is 0.148. The molecule has 0 atom stereocenters. The van der Waals surface area contributed by atoms with E-state index in [2.05, 4.69) is 10.2 Å². The number of urea groups is 1.